The lowest BCUT2D eigenvalue weighted by molar-refractivity contribution is -0.167. The maximum absolute atomic E-state index is 14.0. The van der Waals surface area contributed by atoms with Crippen molar-refractivity contribution in [1.82, 2.24) is 15.1 Å². The summed E-state index contributed by atoms with van der Waals surface area (Å²) in [5.41, 5.74) is -0.594. The van der Waals surface area contributed by atoms with Crippen molar-refractivity contribution < 1.29 is 43.3 Å². The molecule has 0 aromatic heterocycles. The molecule has 3 amide bonds. The van der Waals surface area contributed by atoms with Crippen LogP contribution in [-0.4, -0.2) is 95.8 Å². The van der Waals surface area contributed by atoms with Crippen LogP contribution >= 0.6 is 0 Å². The third kappa shape index (κ3) is 6.00. The van der Waals surface area contributed by atoms with E-state index in [0.29, 0.717) is 31.4 Å². The van der Waals surface area contributed by atoms with E-state index >= 15 is 0 Å². The Morgan fingerprint density at radius 2 is 1.79 bits per heavy atom. The lowest BCUT2D eigenvalue weighted by Gasteiger charge is -2.40. The second-order valence-corrected chi connectivity index (χ2v) is 9.60. The van der Waals surface area contributed by atoms with Gasteiger partial charge in [-0.3, -0.25) is 19.3 Å². The van der Waals surface area contributed by atoms with E-state index in [2.05, 4.69) is 5.32 Å². The van der Waals surface area contributed by atoms with Gasteiger partial charge in [-0.1, -0.05) is 12.1 Å². The first kappa shape index (κ1) is 28.7. The zero-order valence-corrected chi connectivity index (χ0v) is 22.1. The molecule has 0 radical (unpaired) electrons. The van der Waals surface area contributed by atoms with E-state index in [1.54, 1.807) is 31.4 Å². The Hall–Kier alpha value is -3.83. The van der Waals surface area contributed by atoms with Gasteiger partial charge >= 0.3 is 18.0 Å². The van der Waals surface area contributed by atoms with E-state index in [-0.39, 0.29) is 19.5 Å². The Morgan fingerprint density at radius 1 is 1.11 bits per heavy atom. The number of hydrogen-bond donors (Lipinski definition) is 2. The summed E-state index contributed by atoms with van der Waals surface area (Å²) in [7, 11) is 2.69. The van der Waals surface area contributed by atoms with Crippen LogP contribution in [0.15, 0.2) is 24.3 Å². The van der Waals surface area contributed by atoms with Crippen molar-refractivity contribution in [2.45, 2.75) is 69.7 Å². The average Bonchev–Trinajstić information content (AvgIpc) is 3.55. The van der Waals surface area contributed by atoms with Gasteiger partial charge in [0, 0.05) is 26.4 Å². The number of benzene rings is 1. The monoisotopic (exact) mass is 533 g/mol. The Kier molecular flexibility index (Phi) is 9.18. The number of carbonyl (C=O) groups is 5. The SMILES string of the molecule is COC(=O)[C@H](OC(C)=O)[C@@H](C)NC(=O)C1(Cc2ccc(OC)cc2)CCCN1C(=O)C1CCCN1C(=O)O. The summed E-state index contributed by atoms with van der Waals surface area (Å²) in [4.78, 5) is 66.0. The van der Waals surface area contributed by atoms with E-state index in [1.807, 2.05) is 0 Å². The fourth-order valence-electron chi connectivity index (χ4n) is 5.28. The van der Waals surface area contributed by atoms with Gasteiger partial charge < -0.3 is 29.5 Å². The molecule has 38 heavy (non-hydrogen) atoms. The molecule has 2 unspecified atom stereocenters. The van der Waals surface area contributed by atoms with E-state index in [4.69, 9.17) is 14.2 Å². The van der Waals surface area contributed by atoms with Crippen LogP contribution in [0.25, 0.3) is 0 Å². The summed E-state index contributed by atoms with van der Waals surface area (Å²) < 4.78 is 15.1. The standard InChI is InChI=1S/C26H35N3O9/c1-16(21(23(32)37-4)38-17(2)30)27-24(33)26(15-18-8-10-19(36-3)11-9-18)12-6-14-29(26)22(31)20-7-5-13-28(20)25(34)35/h8-11,16,20-21H,5-7,12-15H2,1-4H3,(H,27,33)(H,34,35)/t16-,20?,21-,26?/m1/s1. The van der Waals surface area contributed by atoms with Crippen LogP contribution in [0.1, 0.15) is 45.1 Å². The van der Waals surface area contributed by atoms with Gasteiger partial charge in [-0.25, -0.2) is 9.59 Å². The van der Waals surface area contributed by atoms with E-state index < -0.39 is 53.6 Å². The van der Waals surface area contributed by atoms with Crippen LogP contribution in [0.5, 0.6) is 5.75 Å². The predicted octanol–water partition coefficient (Wildman–Crippen LogP) is 1.35. The van der Waals surface area contributed by atoms with Crippen molar-refractivity contribution in [2.24, 2.45) is 0 Å². The number of carboxylic acid groups (broad SMARTS) is 1. The summed E-state index contributed by atoms with van der Waals surface area (Å²) in [6.07, 6.45) is -0.655. The van der Waals surface area contributed by atoms with Crippen molar-refractivity contribution in [1.29, 1.82) is 0 Å². The third-order valence-electron chi connectivity index (χ3n) is 7.16. The van der Waals surface area contributed by atoms with Gasteiger partial charge in [-0.2, -0.15) is 0 Å². The number of esters is 2. The minimum atomic E-state index is -1.39. The summed E-state index contributed by atoms with van der Waals surface area (Å²) in [6, 6.07) is 5.26. The molecule has 208 valence electrons. The topological polar surface area (TPSA) is 152 Å². The average molecular weight is 534 g/mol. The molecule has 2 N–H and O–H groups in total. The summed E-state index contributed by atoms with van der Waals surface area (Å²) in [5, 5.41) is 12.4. The lowest BCUT2D eigenvalue weighted by Crippen LogP contribution is -2.64. The van der Waals surface area contributed by atoms with Crippen molar-refractivity contribution in [3.63, 3.8) is 0 Å². The molecule has 1 aromatic carbocycles. The van der Waals surface area contributed by atoms with E-state index in [9.17, 15) is 29.1 Å². The minimum absolute atomic E-state index is 0.150. The molecule has 4 atom stereocenters. The number of nitrogens with one attached hydrogen (secondary N) is 1. The molecular weight excluding hydrogens is 498 g/mol. The van der Waals surface area contributed by atoms with Crippen LogP contribution in [-0.2, 0) is 35.1 Å². The molecule has 0 spiro atoms. The predicted molar refractivity (Wildman–Crippen MR) is 133 cm³/mol. The maximum Gasteiger partial charge on any atom is 0.407 e. The first-order valence-corrected chi connectivity index (χ1v) is 12.5. The number of carbonyl (C=O) groups excluding carboxylic acids is 4. The maximum atomic E-state index is 14.0. The Balaban J connectivity index is 1.96. The van der Waals surface area contributed by atoms with Gasteiger partial charge in [-0.15, -0.1) is 0 Å². The largest absolute Gasteiger partial charge is 0.497 e. The van der Waals surface area contributed by atoms with E-state index in [0.717, 1.165) is 24.5 Å². The highest BCUT2D eigenvalue weighted by Crippen LogP contribution is 2.36. The molecule has 12 nitrogen and oxygen atoms in total. The molecule has 2 fully saturated rings. The molecule has 0 bridgehead atoms. The number of amides is 3. The highest BCUT2D eigenvalue weighted by molar-refractivity contribution is 5.95. The second kappa shape index (κ2) is 12.1. The molecule has 0 saturated carbocycles. The zero-order valence-electron chi connectivity index (χ0n) is 22.1. The molecule has 2 aliphatic rings. The van der Waals surface area contributed by atoms with Crippen LogP contribution in [0.3, 0.4) is 0 Å². The zero-order chi connectivity index (χ0) is 28.0. The van der Waals surface area contributed by atoms with Gasteiger partial charge in [0.2, 0.25) is 17.9 Å². The number of nitrogens with zero attached hydrogens (tertiary/aromatic N) is 2. The Bertz CT molecular complexity index is 1060. The number of rotatable bonds is 9. The fourth-order valence-corrected chi connectivity index (χ4v) is 5.28. The fraction of sp³-hybridized carbons (Fsp3) is 0.577. The molecule has 2 aliphatic heterocycles. The van der Waals surface area contributed by atoms with Crippen molar-refractivity contribution >= 4 is 29.8 Å². The summed E-state index contributed by atoms with van der Waals surface area (Å²) in [5.74, 6) is -1.89. The van der Waals surface area contributed by atoms with Crippen LogP contribution in [0.2, 0.25) is 0 Å². The second-order valence-electron chi connectivity index (χ2n) is 9.60. The van der Waals surface area contributed by atoms with Crippen molar-refractivity contribution in [3.8, 4) is 5.75 Å². The molecule has 2 heterocycles. The van der Waals surface area contributed by atoms with Gasteiger partial charge in [-0.05, 0) is 50.3 Å². The lowest BCUT2D eigenvalue weighted by atomic mass is 9.86. The number of hydrogen-bond acceptors (Lipinski definition) is 8. The highest BCUT2D eigenvalue weighted by Gasteiger charge is 2.53. The summed E-state index contributed by atoms with van der Waals surface area (Å²) >= 11 is 0. The van der Waals surface area contributed by atoms with Crippen LogP contribution in [0, 0.1) is 0 Å². The molecular formula is C26H35N3O9. The van der Waals surface area contributed by atoms with E-state index in [1.165, 1.54) is 11.8 Å². The van der Waals surface area contributed by atoms with Crippen LogP contribution in [0.4, 0.5) is 4.79 Å². The van der Waals surface area contributed by atoms with Crippen molar-refractivity contribution in [2.75, 3.05) is 27.3 Å². The molecule has 3 rings (SSSR count). The van der Waals surface area contributed by atoms with Gasteiger partial charge in [0.1, 0.15) is 17.3 Å². The Labute approximate surface area is 221 Å². The number of likely N-dealkylation sites (tertiary alicyclic amines) is 2. The van der Waals surface area contributed by atoms with Gasteiger partial charge in [0.05, 0.1) is 20.3 Å². The van der Waals surface area contributed by atoms with Crippen molar-refractivity contribution in [3.05, 3.63) is 29.8 Å². The number of methoxy groups -OCH3 is 2. The summed E-state index contributed by atoms with van der Waals surface area (Å²) in [6.45, 7) is 3.17. The number of ether oxygens (including phenoxy) is 3. The highest BCUT2D eigenvalue weighted by atomic mass is 16.6. The molecule has 0 aliphatic carbocycles. The van der Waals surface area contributed by atoms with Gasteiger partial charge in [0.25, 0.3) is 0 Å². The minimum Gasteiger partial charge on any atom is -0.497 e. The first-order valence-electron chi connectivity index (χ1n) is 12.5. The smallest absolute Gasteiger partial charge is 0.407 e. The molecule has 2 saturated heterocycles. The quantitative estimate of drug-likeness (QED) is 0.448. The molecule has 12 heteroatoms. The third-order valence-corrected chi connectivity index (χ3v) is 7.16. The first-order chi connectivity index (χ1) is 18.0. The molecule has 1 aromatic rings. The Morgan fingerprint density at radius 3 is 2.37 bits per heavy atom. The normalized spacial score (nSPS) is 22.4. The van der Waals surface area contributed by atoms with Crippen LogP contribution < -0.4 is 10.1 Å². The van der Waals surface area contributed by atoms with Gasteiger partial charge in [0.15, 0.2) is 0 Å².